The molecule has 0 aliphatic heterocycles. The molecule has 40 heavy (non-hydrogen) atoms. The van der Waals surface area contributed by atoms with E-state index in [0.29, 0.717) is 23.4 Å². The zero-order valence-corrected chi connectivity index (χ0v) is 23.0. The summed E-state index contributed by atoms with van der Waals surface area (Å²) in [7, 11) is 0. The van der Waals surface area contributed by atoms with Gasteiger partial charge in [0.2, 0.25) is 0 Å². The standard InChI is InChI=1S/C29H27ClN6O4/c1-29(2,3)28(38)39-13-14-40-34-27(37)21-8-7-20(16-22(21)30)24-10-11-25-26(32-24)36(35-33-25)17-18-6-9-23-19(15-18)5-4-12-31-23/h4-12,15-16H,13-14,17H2,1-3H3,(H,34,37). The number of esters is 1. The molecule has 0 saturated heterocycles. The Morgan fingerprint density at radius 2 is 1.82 bits per heavy atom. The molecule has 2 aromatic carbocycles. The molecule has 0 spiro atoms. The first-order chi connectivity index (χ1) is 19.2. The highest BCUT2D eigenvalue weighted by Gasteiger charge is 2.22. The number of hydrogen-bond donors (Lipinski definition) is 1. The predicted octanol–water partition coefficient (Wildman–Crippen LogP) is 4.99. The summed E-state index contributed by atoms with van der Waals surface area (Å²) in [6.45, 7) is 5.78. The Labute approximate surface area is 235 Å². The fourth-order valence-electron chi connectivity index (χ4n) is 3.94. The van der Waals surface area contributed by atoms with E-state index in [0.717, 1.165) is 22.0 Å². The minimum absolute atomic E-state index is 0.00497. The molecule has 5 rings (SSSR count). The quantitative estimate of drug-likeness (QED) is 0.160. The molecule has 1 N–H and O–H groups in total. The van der Waals surface area contributed by atoms with Gasteiger partial charge in [0.25, 0.3) is 5.91 Å². The highest BCUT2D eigenvalue weighted by Crippen LogP contribution is 2.26. The van der Waals surface area contributed by atoms with Crippen molar-refractivity contribution in [1.29, 1.82) is 0 Å². The van der Waals surface area contributed by atoms with Gasteiger partial charge in [-0.05, 0) is 68.8 Å². The number of hydrogen-bond acceptors (Lipinski definition) is 8. The molecular formula is C29H27ClN6O4. The van der Waals surface area contributed by atoms with E-state index < -0.39 is 11.3 Å². The minimum atomic E-state index is -0.608. The van der Waals surface area contributed by atoms with Crippen LogP contribution in [0.4, 0.5) is 0 Å². The van der Waals surface area contributed by atoms with Crippen molar-refractivity contribution in [1.82, 2.24) is 30.4 Å². The topological polar surface area (TPSA) is 121 Å². The molecule has 0 fully saturated rings. The maximum absolute atomic E-state index is 12.5. The summed E-state index contributed by atoms with van der Waals surface area (Å²) in [4.78, 5) is 38.6. The van der Waals surface area contributed by atoms with Crippen LogP contribution in [-0.2, 0) is 20.9 Å². The van der Waals surface area contributed by atoms with Crippen LogP contribution >= 0.6 is 11.6 Å². The Balaban J connectivity index is 1.26. The Morgan fingerprint density at radius 1 is 1.00 bits per heavy atom. The van der Waals surface area contributed by atoms with Gasteiger partial charge in [0.05, 0.1) is 33.8 Å². The molecule has 0 aliphatic rings. The third-order valence-electron chi connectivity index (χ3n) is 6.06. The smallest absolute Gasteiger partial charge is 0.311 e. The monoisotopic (exact) mass is 558 g/mol. The molecule has 0 radical (unpaired) electrons. The van der Waals surface area contributed by atoms with Crippen molar-refractivity contribution in [2.75, 3.05) is 13.2 Å². The molecule has 3 heterocycles. The zero-order valence-electron chi connectivity index (χ0n) is 22.2. The number of pyridine rings is 2. The average Bonchev–Trinajstić information content (AvgIpc) is 3.33. The normalized spacial score (nSPS) is 11.6. The van der Waals surface area contributed by atoms with Crippen LogP contribution in [-0.4, -0.2) is 50.1 Å². The summed E-state index contributed by atoms with van der Waals surface area (Å²) >= 11 is 6.44. The van der Waals surface area contributed by atoms with E-state index in [-0.39, 0.29) is 29.8 Å². The maximum atomic E-state index is 12.5. The van der Waals surface area contributed by atoms with E-state index in [1.165, 1.54) is 0 Å². The summed E-state index contributed by atoms with van der Waals surface area (Å²) < 4.78 is 6.85. The van der Waals surface area contributed by atoms with Crippen LogP contribution in [0.25, 0.3) is 33.3 Å². The second-order valence-electron chi connectivity index (χ2n) is 10.2. The van der Waals surface area contributed by atoms with Gasteiger partial charge in [-0.3, -0.25) is 19.4 Å². The number of amides is 1. The molecule has 0 bridgehead atoms. The van der Waals surface area contributed by atoms with Crippen LogP contribution in [0.2, 0.25) is 5.02 Å². The maximum Gasteiger partial charge on any atom is 0.311 e. The van der Waals surface area contributed by atoms with E-state index in [2.05, 4.69) is 26.8 Å². The molecule has 0 saturated carbocycles. The number of aromatic nitrogens is 5. The van der Waals surface area contributed by atoms with Crippen LogP contribution in [0.3, 0.4) is 0 Å². The number of halogens is 1. The summed E-state index contributed by atoms with van der Waals surface area (Å²) in [5, 5.41) is 9.82. The number of carbonyl (C=O) groups excluding carboxylic acids is 2. The van der Waals surface area contributed by atoms with Crippen molar-refractivity contribution in [2.45, 2.75) is 27.3 Å². The number of fused-ring (bicyclic) bond motifs is 2. The molecule has 1 amide bonds. The first-order valence-electron chi connectivity index (χ1n) is 12.6. The van der Waals surface area contributed by atoms with Crippen LogP contribution in [0.5, 0.6) is 0 Å². The molecule has 11 heteroatoms. The largest absolute Gasteiger partial charge is 0.463 e. The second kappa shape index (κ2) is 11.4. The van der Waals surface area contributed by atoms with E-state index >= 15 is 0 Å². The highest BCUT2D eigenvalue weighted by atomic mass is 35.5. The van der Waals surface area contributed by atoms with E-state index in [1.807, 2.05) is 36.4 Å². The lowest BCUT2D eigenvalue weighted by Gasteiger charge is -2.16. The van der Waals surface area contributed by atoms with Gasteiger partial charge in [-0.2, -0.15) is 0 Å². The lowest BCUT2D eigenvalue weighted by Crippen LogP contribution is -2.28. The van der Waals surface area contributed by atoms with Crippen LogP contribution in [0, 0.1) is 5.41 Å². The zero-order chi connectivity index (χ0) is 28.3. The SMILES string of the molecule is CC(C)(C)C(=O)OCCONC(=O)c1ccc(-c2ccc3nnn(Cc4ccc5ncccc5c4)c3n2)cc1Cl. The Bertz CT molecular complexity index is 1710. The third kappa shape index (κ3) is 6.08. The molecule has 10 nitrogen and oxygen atoms in total. The second-order valence-corrected chi connectivity index (χ2v) is 10.6. The predicted molar refractivity (Wildman–Crippen MR) is 150 cm³/mol. The number of benzene rings is 2. The van der Waals surface area contributed by atoms with Crippen molar-refractivity contribution in [3.8, 4) is 11.3 Å². The fraction of sp³-hybridized carbons (Fsp3) is 0.241. The summed E-state index contributed by atoms with van der Waals surface area (Å²) in [5.41, 5.74) is 6.60. The van der Waals surface area contributed by atoms with Gasteiger partial charge in [0.15, 0.2) is 5.65 Å². The van der Waals surface area contributed by atoms with Crippen molar-refractivity contribution < 1.29 is 19.2 Å². The fourth-order valence-corrected chi connectivity index (χ4v) is 4.21. The van der Waals surface area contributed by atoms with Crippen molar-refractivity contribution >= 4 is 45.5 Å². The van der Waals surface area contributed by atoms with Gasteiger partial charge in [-0.25, -0.2) is 15.1 Å². The van der Waals surface area contributed by atoms with Gasteiger partial charge in [0, 0.05) is 17.1 Å². The molecule has 204 valence electrons. The molecule has 0 aliphatic carbocycles. The molecule has 3 aromatic heterocycles. The Kier molecular flexibility index (Phi) is 7.72. The first-order valence-corrected chi connectivity index (χ1v) is 13.0. The van der Waals surface area contributed by atoms with Gasteiger partial charge in [0.1, 0.15) is 18.7 Å². The average molecular weight is 559 g/mol. The van der Waals surface area contributed by atoms with E-state index in [1.54, 1.807) is 49.8 Å². The summed E-state index contributed by atoms with van der Waals surface area (Å²) in [6.07, 6.45) is 1.77. The van der Waals surface area contributed by atoms with Crippen molar-refractivity contribution in [3.05, 3.63) is 83.0 Å². The number of rotatable bonds is 8. The number of nitrogens with one attached hydrogen (secondary N) is 1. The third-order valence-corrected chi connectivity index (χ3v) is 6.38. The first kappa shape index (κ1) is 27.2. The van der Waals surface area contributed by atoms with Gasteiger partial charge in [-0.15, -0.1) is 5.10 Å². The number of carbonyl (C=O) groups is 2. The van der Waals surface area contributed by atoms with Crippen molar-refractivity contribution in [2.24, 2.45) is 5.41 Å². The summed E-state index contributed by atoms with van der Waals surface area (Å²) in [6, 6.07) is 18.7. The number of nitrogens with zero attached hydrogens (tertiary/aromatic N) is 5. The molecule has 5 aromatic rings. The summed E-state index contributed by atoms with van der Waals surface area (Å²) in [5.74, 6) is -0.868. The van der Waals surface area contributed by atoms with Crippen LogP contribution < -0.4 is 5.48 Å². The Hall–Kier alpha value is -4.41. The highest BCUT2D eigenvalue weighted by molar-refractivity contribution is 6.34. The molecular weight excluding hydrogens is 532 g/mol. The van der Waals surface area contributed by atoms with Gasteiger partial charge < -0.3 is 4.74 Å². The lowest BCUT2D eigenvalue weighted by atomic mass is 9.97. The van der Waals surface area contributed by atoms with Crippen LogP contribution in [0.15, 0.2) is 66.9 Å². The van der Waals surface area contributed by atoms with E-state index in [4.69, 9.17) is 26.2 Å². The van der Waals surface area contributed by atoms with Crippen molar-refractivity contribution in [3.63, 3.8) is 0 Å². The minimum Gasteiger partial charge on any atom is -0.463 e. The van der Waals surface area contributed by atoms with Gasteiger partial charge in [-0.1, -0.05) is 35.0 Å². The van der Waals surface area contributed by atoms with Gasteiger partial charge >= 0.3 is 5.97 Å². The number of ether oxygens (including phenoxy) is 1. The van der Waals surface area contributed by atoms with Crippen LogP contribution in [0.1, 0.15) is 36.7 Å². The molecule has 0 atom stereocenters. The number of hydroxylamine groups is 1. The molecule has 0 unspecified atom stereocenters. The Morgan fingerprint density at radius 3 is 2.62 bits per heavy atom. The van der Waals surface area contributed by atoms with E-state index in [9.17, 15) is 9.59 Å². The lowest BCUT2D eigenvalue weighted by molar-refractivity contribution is -0.155.